The van der Waals surface area contributed by atoms with E-state index >= 15 is 0 Å². The summed E-state index contributed by atoms with van der Waals surface area (Å²) in [6, 6.07) is 8.22. The van der Waals surface area contributed by atoms with Gasteiger partial charge in [0, 0.05) is 19.1 Å². The van der Waals surface area contributed by atoms with Crippen molar-refractivity contribution in [2.75, 3.05) is 19.8 Å². The molecule has 22 heavy (non-hydrogen) atoms. The van der Waals surface area contributed by atoms with Crippen LogP contribution in [0.25, 0.3) is 0 Å². The second-order valence-electron chi connectivity index (χ2n) is 5.69. The Labute approximate surface area is 128 Å². The SMILES string of the molecule is CC(c1ccccc1)N1C(=O)C(=O)N(CC2CCOC2)C1=O. The number of carbonyl (C=O) groups excluding carboxylic acids is 3. The minimum absolute atomic E-state index is 0.118. The predicted octanol–water partition coefficient (Wildman–Crippen LogP) is 1.57. The fraction of sp³-hybridized carbons (Fsp3) is 0.438. The molecule has 1 aromatic carbocycles. The molecule has 2 fully saturated rings. The Balaban J connectivity index is 1.79. The van der Waals surface area contributed by atoms with E-state index in [1.807, 2.05) is 30.3 Å². The van der Waals surface area contributed by atoms with Gasteiger partial charge in [0.25, 0.3) is 0 Å². The Morgan fingerprint density at radius 1 is 1.18 bits per heavy atom. The summed E-state index contributed by atoms with van der Waals surface area (Å²) in [5.41, 5.74) is 0.822. The van der Waals surface area contributed by atoms with Crippen LogP contribution in [0, 0.1) is 5.92 Å². The summed E-state index contributed by atoms with van der Waals surface area (Å²) >= 11 is 0. The van der Waals surface area contributed by atoms with Gasteiger partial charge < -0.3 is 4.74 Å². The molecule has 2 aliphatic rings. The van der Waals surface area contributed by atoms with Crippen LogP contribution < -0.4 is 0 Å². The maximum Gasteiger partial charge on any atom is 0.334 e. The first-order valence-electron chi connectivity index (χ1n) is 7.41. The molecular weight excluding hydrogens is 284 g/mol. The highest BCUT2D eigenvalue weighted by Gasteiger charge is 2.47. The van der Waals surface area contributed by atoms with Crippen LogP contribution in [0.5, 0.6) is 0 Å². The van der Waals surface area contributed by atoms with E-state index in [1.54, 1.807) is 6.92 Å². The number of nitrogens with zero attached hydrogens (tertiary/aromatic N) is 2. The van der Waals surface area contributed by atoms with Crippen molar-refractivity contribution < 1.29 is 19.1 Å². The van der Waals surface area contributed by atoms with Gasteiger partial charge >= 0.3 is 17.8 Å². The van der Waals surface area contributed by atoms with E-state index in [0.717, 1.165) is 21.8 Å². The fourth-order valence-corrected chi connectivity index (χ4v) is 2.89. The van der Waals surface area contributed by atoms with E-state index in [0.29, 0.717) is 13.2 Å². The lowest BCUT2D eigenvalue weighted by Gasteiger charge is -2.23. The Morgan fingerprint density at radius 3 is 2.55 bits per heavy atom. The van der Waals surface area contributed by atoms with Crippen LogP contribution in [0.15, 0.2) is 30.3 Å². The number of hydrogen-bond donors (Lipinski definition) is 0. The molecule has 0 saturated carbocycles. The lowest BCUT2D eigenvalue weighted by Crippen LogP contribution is -2.37. The first-order valence-corrected chi connectivity index (χ1v) is 7.41. The number of imide groups is 2. The Hall–Kier alpha value is -2.21. The standard InChI is InChI=1S/C16H18N2O4/c1-11(13-5-3-2-4-6-13)18-15(20)14(19)17(16(18)21)9-12-7-8-22-10-12/h2-6,11-12H,7-10H2,1H3. The first kappa shape index (κ1) is 14.7. The third-order valence-electron chi connectivity index (χ3n) is 4.22. The first-order chi connectivity index (χ1) is 10.6. The quantitative estimate of drug-likeness (QED) is 0.625. The average Bonchev–Trinajstić information content (AvgIpc) is 3.11. The van der Waals surface area contributed by atoms with Crippen molar-refractivity contribution in [3.63, 3.8) is 0 Å². The maximum atomic E-state index is 12.5. The summed E-state index contributed by atoms with van der Waals surface area (Å²) in [7, 11) is 0. The van der Waals surface area contributed by atoms with Crippen LogP contribution in [-0.4, -0.2) is 47.4 Å². The highest BCUT2D eigenvalue weighted by molar-refractivity contribution is 6.44. The zero-order valence-corrected chi connectivity index (χ0v) is 12.4. The van der Waals surface area contributed by atoms with E-state index in [4.69, 9.17) is 4.74 Å². The van der Waals surface area contributed by atoms with Gasteiger partial charge in [0.1, 0.15) is 0 Å². The predicted molar refractivity (Wildman–Crippen MR) is 77.7 cm³/mol. The Kier molecular flexibility index (Phi) is 3.94. The molecule has 0 radical (unpaired) electrons. The van der Waals surface area contributed by atoms with Crippen molar-refractivity contribution in [2.45, 2.75) is 19.4 Å². The third-order valence-corrected chi connectivity index (χ3v) is 4.22. The van der Waals surface area contributed by atoms with Crippen LogP contribution in [-0.2, 0) is 14.3 Å². The molecule has 3 rings (SSSR count). The fourth-order valence-electron chi connectivity index (χ4n) is 2.89. The van der Waals surface area contributed by atoms with Crippen molar-refractivity contribution in [3.8, 4) is 0 Å². The van der Waals surface area contributed by atoms with E-state index in [1.165, 1.54) is 0 Å². The molecule has 6 heteroatoms. The second kappa shape index (κ2) is 5.88. The van der Waals surface area contributed by atoms with E-state index in [-0.39, 0.29) is 12.5 Å². The molecule has 0 aromatic heterocycles. The van der Waals surface area contributed by atoms with Crippen LogP contribution >= 0.6 is 0 Å². The normalized spacial score (nSPS) is 23.5. The smallest absolute Gasteiger partial charge is 0.334 e. The molecule has 6 nitrogen and oxygen atoms in total. The summed E-state index contributed by atoms with van der Waals surface area (Å²) < 4.78 is 5.26. The minimum Gasteiger partial charge on any atom is -0.381 e. The number of hydrogen-bond acceptors (Lipinski definition) is 4. The third kappa shape index (κ3) is 2.50. The van der Waals surface area contributed by atoms with Gasteiger partial charge in [-0.2, -0.15) is 0 Å². The number of amides is 4. The van der Waals surface area contributed by atoms with Gasteiger partial charge in [0.15, 0.2) is 0 Å². The van der Waals surface area contributed by atoms with Crippen LogP contribution in [0.3, 0.4) is 0 Å². The van der Waals surface area contributed by atoms with Crippen LogP contribution in [0.2, 0.25) is 0 Å². The van der Waals surface area contributed by atoms with Crippen molar-refractivity contribution >= 4 is 17.8 Å². The Morgan fingerprint density at radius 2 is 1.91 bits per heavy atom. The van der Waals surface area contributed by atoms with Gasteiger partial charge in [-0.3, -0.25) is 14.5 Å². The molecule has 4 amide bonds. The van der Waals surface area contributed by atoms with Crippen molar-refractivity contribution in [1.82, 2.24) is 9.80 Å². The lowest BCUT2D eigenvalue weighted by molar-refractivity contribution is -0.144. The molecule has 2 heterocycles. The van der Waals surface area contributed by atoms with Crippen LogP contribution in [0.4, 0.5) is 4.79 Å². The van der Waals surface area contributed by atoms with Gasteiger partial charge in [-0.15, -0.1) is 0 Å². The molecule has 2 atom stereocenters. The number of benzene rings is 1. The van der Waals surface area contributed by atoms with Gasteiger partial charge in [0.05, 0.1) is 12.6 Å². The number of ether oxygens (including phenoxy) is 1. The van der Waals surface area contributed by atoms with E-state index in [2.05, 4.69) is 0 Å². The van der Waals surface area contributed by atoms with Gasteiger partial charge in [-0.25, -0.2) is 9.69 Å². The van der Waals surface area contributed by atoms with E-state index in [9.17, 15) is 14.4 Å². The summed E-state index contributed by atoms with van der Waals surface area (Å²) in [6.45, 7) is 3.17. The topological polar surface area (TPSA) is 66.9 Å². The van der Waals surface area contributed by atoms with Crippen LogP contribution in [0.1, 0.15) is 24.9 Å². The largest absolute Gasteiger partial charge is 0.381 e. The highest BCUT2D eigenvalue weighted by atomic mass is 16.5. The highest BCUT2D eigenvalue weighted by Crippen LogP contribution is 2.27. The molecule has 116 valence electrons. The van der Waals surface area contributed by atoms with Gasteiger partial charge in [0.2, 0.25) is 0 Å². The molecule has 2 aliphatic heterocycles. The average molecular weight is 302 g/mol. The zero-order valence-electron chi connectivity index (χ0n) is 12.4. The zero-order chi connectivity index (χ0) is 15.7. The molecule has 0 bridgehead atoms. The minimum atomic E-state index is -0.750. The lowest BCUT2D eigenvalue weighted by atomic mass is 10.1. The van der Waals surface area contributed by atoms with Crippen molar-refractivity contribution in [3.05, 3.63) is 35.9 Å². The maximum absolute atomic E-state index is 12.5. The number of urea groups is 1. The van der Waals surface area contributed by atoms with E-state index < -0.39 is 23.9 Å². The molecule has 2 saturated heterocycles. The number of carbonyl (C=O) groups is 3. The molecule has 0 N–H and O–H groups in total. The molecular formula is C16H18N2O4. The summed E-state index contributed by atoms with van der Waals surface area (Å²) in [5, 5.41) is 0. The monoisotopic (exact) mass is 302 g/mol. The molecule has 1 aromatic rings. The molecule has 0 spiro atoms. The molecule has 0 aliphatic carbocycles. The van der Waals surface area contributed by atoms with Gasteiger partial charge in [-0.05, 0) is 18.9 Å². The summed E-state index contributed by atoms with van der Waals surface area (Å²) in [5.74, 6) is -1.37. The molecule has 2 unspecified atom stereocenters. The number of rotatable bonds is 4. The summed E-state index contributed by atoms with van der Waals surface area (Å²) in [4.78, 5) is 38.9. The summed E-state index contributed by atoms with van der Waals surface area (Å²) in [6.07, 6.45) is 0.805. The second-order valence-corrected chi connectivity index (χ2v) is 5.69. The van der Waals surface area contributed by atoms with Crippen molar-refractivity contribution in [1.29, 1.82) is 0 Å². The van der Waals surface area contributed by atoms with Gasteiger partial charge in [-0.1, -0.05) is 30.3 Å². The van der Waals surface area contributed by atoms with Crippen molar-refractivity contribution in [2.24, 2.45) is 5.92 Å². The Bertz CT molecular complexity index is 595.